The number of nitrogens with zero attached hydrogens (tertiary/aromatic N) is 3. The van der Waals surface area contributed by atoms with Crippen molar-refractivity contribution in [2.45, 2.75) is 19.9 Å². The van der Waals surface area contributed by atoms with Crippen LogP contribution in [-0.2, 0) is 14.3 Å². The van der Waals surface area contributed by atoms with E-state index in [1.807, 2.05) is 66.7 Å². The second kappa shape index (κ2) is 8.96. The summed E-state index contributed by atoms with van der Waals surface area (Å²) in [7, 11) is 1.69. The highest BCUT2D eigenvalue weighted by atomic mass is 32.1. The summed E-state index contributed by atoms with van der Waals surface area (Å²) in [6, 6.07) is 16.3. The van der Waals surface area contributed by atoms with Crippen molar-refractivity contribution < 1.29 is 14.3 Å². The van der Waals surface area contributed by atoms with Gasteiger partial charge in [-0.3, -0.25) is 14.2 Å². The molecule has 1 unspecified atom stereocenters. The molecule has 0 N–H and O–H groups in total. The first-order valence-electron chi connectivity index (χ1n) is 11.2. The number of benzene rings is 2. The fourth-order valence-corrected chi connectivity index (χ4v) is 5.57. The molecule has 176 valence electrons. The molecule has 1 amide bonds. The molecule has 3 aromatic rings. The Labute approximate surface area is 205 Å². The standard InChI is InChI=1S/C27H23N3O4S/c1-4-34-26(33)21-16(2)28-27-30(20(21)15-14-17-10-6-5-7-11-17)25(32)23(35-27)22-18-12-8-9-13-19(18)29(3)24(22)31/h5-15,20H,4H2,1-3H3. The van der Waals surface area contributed by atoms with Gasteiger partial charge >= 0.3 is 5.97 Å². The third-order valence-electron chi connectivity index (χ3n) is 6.09. The third-order valence-corrected chi connectivity index (χ3v) is 7.14. The Balaban J connectivity index is 1.76. The van der Waals surface area contributed by atoms with Gasteiger partial charge in [0.1, 0.15) is 4.53 Å². The summed E-state index contributed by atoms with van der Waals surface area (Å²) in [6.45, 7) is 3.68. The second-order valence-corrected chi connectivity index (χ2v) is 9.17. The maximum Gasteiger partial charge on any atom is 0.338 e. The van der Waals surface area contributed by atoms with Crippen molar-refractivity contribution in [3.8, 4) is 0 Å². The van der Waals surface area contributed by atoms with E-state index in [0.29, 0.717) is 31.7 Å². The number of thiazole rings is 1. The Bertz CT molecular complexity index is 1590. The average molecular weight is 486 g/mol. The van der Waals surface area contributed by atoms with Gasteiger partial charge in [-0.15, -0.1) is 0 Å². The van der Waals surface area contributed by atoms with Crippen LogP contribution in [0.25, 0.3) is 11.6 Å². The third kappa shape index (κ3) is 3.76. The fourth-order valence-electron chi connectivity index (χ4n) is 4.42. The van der Waals surface area contributed by atoms with Crippen LogP contribution in [0.15, 0.2) is 81.7 Å². The van der Waals surface area contributed by atoms with Gasteiger partial charge in [-0.05, 0) is 25.5 Å². The second-order valence-electron chi connectivity index (χ2n) is 8.19. The van der Waals surface area contributed by atoms with E-state index in [1.54, 1.807) is 25.8 Å². The summed E-state index contributed by atoms with van der Waals surface area (Å²) in [5.74, 6) is -0.759. The number of allylic oxidation sites excluding steroid dienone is 2. The highest BCUT2D eigenvalue weighted by molar-refractivity contribution is 7.07. The van der Waals surface area contributed by atoms with Crippen molar-refractivity contribution in [2.24, 2.45) is 4.99 Å². The highest BCUT2D eigenvalue weighted by Crippen LogP contribution is 2.34. The molecule has 0 bridgehead atoms. The van der Waals surface area contributed by atoms with Crippen LogP contribution in [0.1, 0.15) is 31.0 Å². The van der Waals surface area contributed by atoms with Crippen molar-refractivity contribution in [2.75, 3.05) is 18.6 Å². The van der Waals surface area contributed by atoms with Crippen molar-refractivity contribution in [1.82, 2.24) is 4.57 Å². The molecule has 0 saturated carbocycles. The monoisotopic (exact) mass is 485 g/mol. The first-order valence-corrected chi connectivity index (χ1v) is 12.1. The quantitative estimate of drug-likeness (QED) is 0.533. The van der Waals surface area contributed by atoms with Crippen LogP contribution in [0, 0.1) is 0 Å². The van der Waals surface area contributed by atoms with Gasteiger partial charge in [0.2, 0.25) is 0 Å². The summed E-state index contributed by atoms with van der Waals surface area (Å²) in [5.41, 5.74) is 3.18. The van der Waals surface area contributed by atoms with E-state index in [4.69, 9.17) is 4.74 Å². The number of anilines is 1. The molecule has 1 aromatic heterocycles. The van der Waals surface area contributed by atoms with E-state index in [9.17, 15) is 14.4 Å². The van der Waals surface area contributed by atoms with Gasteiger partial charge in [-0.1, -0.05) is 72.0 Å². The van der Waals surface area contributed by atoms with E-state index in [1.165, 1.54) is 4.57 Å². The molecule has 3 heterocycles. The molecular formula is C27H23N3O4S. The minimum Gasteiger partial charge on any atom is -0.463 e. The number of esters is 1. The van der Waals surface area contributed by atoms with E-state index in [-0.39, 0.29) is 18.1 Å². The number of likely N-dealkylation sites (N-methyl/N-ethyl adjacent to an activating group) is 1. The smallest absolute Gasteiger partial charge is 0.338 e. The molecule has 7 nitrogen and oxygen atoms in total. The largest absolute Gasteiger partial charge is 0.463 e. The van der Waals surface area contributed by atoms with Gasteiger partial charge < -0.3 is 9.64 Å². The maximum atomic E-state index is 13.8. The lowest BCUT2D eigenvalue weighted by molar-refractivity contribution is -0.139. The molecule has 0 radical (unpaired) electrons. The SMILES string of the molecule is CCOC(=O)C1=C(C)N=c2sc(=C3C(=O)N(C)c4ccccc43)c(=O)n2C1C=Cc1ccccc1. The lowest BCUT2D eigenvalue weighted by Crippen LogP contribution is -2.39. The van der Waals surface area contributed by atoms with Crippen molar-refractivity contribution >= 4 is 40.5 Å². The van der Waals surface area contributed by atoms with Crippen LogP contribution in [0.4, 0.5) is 5.69 Å². The van der Waals surface area contributed by atoms with E-state index in [0.717, 1.165) is 22.6 Å². The van der Waals surface area contributed by atoms with Gasteiger partial charge in [0.15, 0.2) is 4.80 Å². The van der Waals surface area contributed by atoms with Crippen molar-refractivity contribution in [1.29, 1.82) is 0 Å². The summed E-state index contributed by atoms with van der Waals surface area (Å²) in [4.78, 5) is 46.5. The molecule has 2 aliphatic rings. The van der Waals surface area contributed by atoms with E-state index >= 15 is 0 Å². The van der Waals surface area contributed by atoms with Gasteiger partial charge in [-0.2, -0.15) is 0 Å². The van der Waals surface area contributed by atoms with Gasteiger partial charge in [0.05, 0.1) is 35.2 Å². The van der Waals surface area contributed by atoms with Crippen molar-refractivity contribution in [3.05, 3.63) is 103 Å². The predicted octanol–water partition coefficient (Wildman–Crippen LogP) is 2.81. The number of amides is 1. The Morgan fingerprint density at radius 3 is 2.57 bits per heavy atom. The normalized spacial score (nSPS) is 18.5. The van der Waals surface area contributed by atoms with Crippen LogP contribution in [0.3, 0.4) is 0 Å². The average Bonchev–Trinajstić information content (AvgIpc) is 3.30. The number of para-hydroxylation sites is 1. The number of carbonyl (C=O) groups is 2. The molecule has 8 heteroatoms. The first kappa shape index (κ1) is 22.7. The number of rotatable bonds is 4. The Kier molecular flexibility index (Phi) is 5.82. The van der Waals surface area contributed by atoms with Gasteiger partial charge in [0.25, 0.3) is 11.5 Å². The van der Waals surface area contributed by atoms with Gasteiger partial charge in [-0.25, -0.2) is 9.79 Å². The Hall–Kier alpha value is -4.04. The number of ether oxygens (including phenoxy) is 1. The molecule has 35 heavy (non-hydrogen) atoms. The molecule has 2 aliphatic heterocycles. The lowest BCUT2D eigenvalue weighted by Gasteiger charge is -2.21. The van der Waals surface area contributed by atoms with Crippen molar-refractivity contribution in [3.63, 3.8) is 0 Å². The molecule has 0 fully saturated rings. The first-order chi connectivity index (χ1) is 16.9. The van der Waals surface area contributed by atoms with Crippen LogP contribution in [0.2, 0.25) is 0 Å². The minimum atomic E-state index is -0.718. The molecule has 2 aromatic carbocycles. The maximum absolute atomic E-state index is 13.8. The number of carbonyl (C=O) groups excluding carboxylic acids is 2. The number of hydrogen-bond donors (Lipinski definition) is 0. The number of aromatic nitrogens is 1. The summed E-state index contributed by atoms with van der Waals surface area (Å²) < 4.78 is 7.10. The molecule has 0 spiro atoms. The van der Waals surface area contributed by atoms with Crippen LogP contribution >= 0.6 is 11.3 Å². The zero-order valence-corrected chi connectivity index (χ0v) is 20.3. The molecule has 1 atom stereocenters. The molecule has 0 saturated heterocycles. The van der Waals surface area contributed by atoms with Crippen LogP contribution in [-0.4, -0.2) is 30.1 Å². The molecule has 5 rings (SSSR count). The highest BCUT2D eigenvalue weighted by Gasteiger charge is 2.34. The topological polar surface area (TPSA) is 81.0 Å². The van der Waals surface area contributed by atoms with Gasteiger partial charge in [0, 0.05) is 12.6 Å². The number of fused-ring (bicyclic) bond motifs is 2. The van der Waals surface area contributed by atoms with Crippen LogP contribution < -0.4 is 19.8 Å². The zero-order chi connectivity index (χ0) is 24.7. The lowest BCUT2D eigenvalue weighted by atomic mass is 10.0. The van der Waals surface area contributed by atoms with E-state index in [2.05, 4.69) is 4.99 Å². The van der Waals surface area contributed by atoms with Crippen LogP contribution in [0.5, 0.6) is 0 Å². The molecule has 0 aliphatic carbocycles. The zero-order valence-electron chi connectivity index (χ0n) is 19.5. The summed E-state index contributed by atoms with van der Waals surface area (Å²) in [5, 5.41) is 0. The van der Waals surface area contributed by atoms with E-state index < -0.39 is 12.0 Å². The predicted molar refractivity (Wildman–Crippen MR) is 136 cm³/mol. The Morgan fingerprint density at radius 2 is 1.83 bits per heavy atom. The summed E-state index contributed by atoms with van der Waals surface area (Å²) in [6.07, 6.45) is 3.68. The Morgan fingerprint density at radius 1 is 1.11 bits per heavy atom. The minimum absolute atomic E-state index is 0.205. The fraction of sp³-hybridized carbons (Fsp3) is 0.185. The number of hydrogen-bond acceptors (Lipinski definition) is 6. The molecular weight excluding hydrogens is 462 g/mol. The summed E-state index contributed by atoms with van der Waals surface area (Å²) >= 11 is 1.16.